The van der Waals surface area contributed by atoms with Gasteiger partial charge in [-0.3, -0.25) is 4.79 Å². The van der Waals surface area contributed by atoms with Crippen LogP contribution in [0.4, 0.5) is 0 Å². The average Bonchev–Trinajstić information content (AvgIpc) is 2.81. The lowest BCUT2D eigenvalue weighted by Gasteiger charge is -2.16. The number of hydrogen-bond acceptors (Lipinski definition) is 3. The number of hydrogen-bond donors (Lipinski definition) is 1. The zero-order valence-corrected chi connectivity index (χ0v) is 10.9. The van der Waals surface area contributed by atoms with E-state index < -0.39 is 0 Å². The Morgan fingerprint density at radius 3 is 3.00 bits per heavy atom. The molecule has 17 heavy (non-hydrogen) atoms. The summed E-state index contributed by atoms with van der Waals surface area (Å²) in [5, 5.41) is 3.44. The highest BCUT2D eigenvalue weighted by Gasteiger charge is 2.10. The second-order valence-corrected chi connectivity index (χ2v) is 4.13. The van der Waals surface area contributed by atoms with Crippen molar-refractivity contribution in [2.24, 2.45) is 0 Å². The Balaban J connectivity index is 2.55. The van der Waals surface area contributed by atoms with Crippen molar-refractivity contribution in [3.8, 4) is 0 Å². The van der Waals surface area contributed by atoms with Gasteiger partial charge in [0.1, 0.15) is 0 Å². The average molecular weight is 238 g/mol. The van der Waals surface area contributed by atoms with Gasteiger partial charge in [-0.1, -0.05) is 6.92 Å². The lowest BCUT2D eigenvalue weighted by molar-refractivity contribution is -0.140. The molecule has 0 amide bonds. The molecule has 1 aromatic heterocycles. The number of carbonyl (C=O) groups excluding carboxylic acids is 1. The van der Waals surface area contributed by atoms with E-state index in [4.69, 9.17) is 0 Å². The predicted octanol–water partition coefficient (Wildman–Crippen LogP) is 2.11. The number of ether oxygens (including phenoxy) is 1. The summed E-state index contributed by atoms with van der Waals surface area (Å²) in [4.78, 5) is 11.1. The van der Waals surface area contributed by atoms with Crippen molar-refractivity contribution in [3.05, 3.63) is 24.0 Å². The van der Waals surface area contributed by atoms with Crippen molar-refractivity contribution < 1.29 is 9.53 Å². The summed E-state index contributed by atoms with van der Waals surface area (Å²) in [5.41, 5.74) is 1.21. The molecule has 4 nitrogen and oxygen atoms in total. The Hall–Kier alpha value is -1.29. The zero-order valence-electron chi connectivity index (χ0n) is 10.9. The first-order valence-electron chi connectivity index (χ1n) is 6.14. The van der Waals surface area contributed by atoms with E-state index in [1.165, 1.54) is 12.8 Å². The Kier molecular flexibility index (Phi) is 5.77. The highest BCUT2D eigenvalue weighted by atomic mass is 16.5. The van der Waals surface area contributed by atoms with E-state index in [2.05, 4.69) is 34.5 Å². The van der Waals surface area contributed by atoms with Crippen LogP contribution >= 0.6 is 0 Å². The third kappa shape index (κ3) is 4.23. The van der Waals surface area contributed by atoms with Crippen LogP contribution < -0.4 is 5.32 Å². The van der Waals surface area contributed by atoms with Crippen molar-refractivity contribution in [2.45, 2.75) is 39.3 Å². The Morgan fingerprint density at radius 2 is 2.35 bits per heavy atom. The summed E-state index contributed by atoms with van der Waals surface area (Å²) in [6, 6.07) is 4.41. The van der Waals surface area contributed by atoms with Gasteiger partial charge in [-0.15, -0.1) is 0 Å². The standard InChI is InChI=1S/C13H22N2O2/c1-4-8-14-11(2)12-6-5-9-15(12)10-7-13(16)17-3/h5-6,9,11,14H,4,7-8,10H2,1-3H3. The number of aryl methyl sites for hydroxylation is 1. The largest absolute Gasteiger partial charge is 0.469 e. The SMILES string of the molecule is CCCNC(C)c1cccn1CCC(=O)OC. The second kappa shape index (κ2) is 7.12. The van der Waals surface area contributed by atoms with Gasteiger partial charge in [0, 0.05) is 24.5 Å². The molecule has 1 heterocycles. The molecule has 1 atom stereocenters. The lowest BCUT2D eigenvalue weighted by Crippen LogP contribution is -2.22. The van der Waals surface area contributed by atoms with Crippen LogP contribution in [0.25, 0.3) is 0 Å². The van der Waals surface area contributed by atoms with Gasteiger partial charge in [0.2, 0.25) is 0 Å². The fourth-order valence-corrected chi connectivity index (χ4v) is 1.80. The number of nitrogens with zero attached hydrogens (tertiary/aromatic N) is 1. The summed E-state index contributed by atoms with van der Waals surface area (Å²) in [5.74, 6) is -0.168. The minimum Gasteiger partial charge on any atom is -0.469 e. The number of esters is 1. The molecule has 96 valence electrons. The van der Waals surface area contributed by atoms with E-state index in [0.29, 0.717) is 19.0 Å². The van der Waals surface area contributed by atoms with Gasteiger partial charge in [0.25, 0.3) is 0 Å². The molecule has 0 fully saturated rings. The number of rotatable bonds is 7. The Morgan fingerprint density at radius 1 is 1.59 bits per heavy atom. The minimum atomic E-state index is -0.168. The molecule has 1 aromatic rings. The molecular formula is C13H22N2O2. The molecule has 0 saturated heterocycles. The van der Waals surface area contributed by atoms with Crippen molar-refractivity contribution in [2.75, 3.05) is 13.7 Å². The van der Waals surface area contributed by atoms with Crippen molar-refractivity contribution in [3.63, 3.8) is 0 Å². The van der Waals surface area contributed by atoms with Gasteiger partial charge >= 0.3 is 5.97 Å². The normalized spacial score (nSPS) is 12.4. The lowest BCUT2D eigenvalue weighted by atomic mass is 10.2. The van der Waals surface area contributed by atoms with Crippen LogP contribution in [0.5, 0.6) is 0 Å². The van der Waals surface area contributed by atoms with Crippen LogP contribution in [0.2, 0.25) is 0 Å². The van der Waals surface area contributed by atoms with Crippen LogP contribution in [0.3, 0.4) is 0 Å². The molecule has 0 saturated carbocycles. The smallest absolute Gasteiger partial charge is 0.307 e. The maximum atomic E-state index is 11.1. The van der Waals surface area contributed by atoms with Crippen LogP contribution in [0.1, 0.15) is 38.4 Å². The molecule has 0 spiro atoms. The van der Waals surface area contributed by atoms with E-state index in [9.17, 15) is 4.79 Å². The molecule has 1 unspecified atom stereocenters. The summed E-state index contributed by atoms with van der Waals surface area (Å²) >= 11 is 0. The van der Waals surface area contributed by atoms with E-state index in [1.54, 1.807) is 0 Å². The number of aromatic nitrogens is 1. The van der Waals surface area contributed by atoms with E-state index >= 15 is 0 Å². The minimum absolute atomic E-state index is 0.168. The van der Waals surface area contributed by atoms with Crippen LogP contribution in [-0.4, -0.2) is 24.2 Å². The highest BCUT2D eigenvalue weighted by molar-refractivity contribution is 5.69. The third-order valence-corrected chi connectivity index (χ3v) is 2.79. The molecule has 1 N–H and O–H groups in total. The molecular weight excluding hydrogens is 216 g/mol. The monoisotopic (exact) mass is 238 g/mol. The second-order valence-electron chi connectivity index (χ2n) is 4.13. The summed E-state index contributed by atoms with van der Waals surface area (Å²) in [6.07, 6.45) is 3.54. The molecule has 0 aromatic carbocycles. The number of nitrogens with one attached hydrogen (secondary N) is 1. The topological polar surface area (TPSA) is 43.3 Å². The molecule has 0 aliphatic carbocycles. The third-order valence-electron chi connectivity index (χ3n) is 2.79. The molecule has 4 heteroatoms. The fourth-order valence-electron chi connectivity index (χ4n) is 1.80. The summed E-state index contributed by atoms with van der Waals surface area (Å²) < 4.78 is 6.75. The summed E-state index contributed by atoms with van der Waals surface area (Å²) in [7, 11) is 1.42. The quantitative estimate of drug-likeness (QED) is 0.740. The van der Waals surface area contributed by atoms with Crippen LogP contribution in [0, 0.1) is 0 Å². The highest BCUT2D eigenvalue weighted by Crippen LogP contribution is 2.14. The Labute approximate surface area is 103 Å². The van der Waals surface area contributed by atoms with E-state index in [-0.39, 0.29) is 5.97 Å². The maximum Gasteiger partial charge on any atom is 0.307 e. The van der Waals surface area contributed by atoms with Gasteiger partial charge in [-0.25, -0.2) is 0 Å². The van der Waals surface area contributed by atoms with Crippen molar-refractivity contribution in [1.29, 1.82) is 0 Å². The van der Waals surface area contributed by atoms with Crippen molar-refractivity contribution >= 4 is 5.97 Å². The molecule has 0 aliphatic heterocycles. The first-order chi connectivity index (χ1) is 8.19. The van der Waals surface area contributed by atoms with Gasteiger partial charge in [-0.2, -0.15) is 0 Å². The van der Waals surface area contributed by atoms with E-state index in [0.717, 1.165) is 13.0 Å². The Bertz CT molecular complexity index is 347. The zero-order chi connectivity index (χ0) is 12.7. The first-order valence-corrected chi connectivity index (χ1v) is 6.14. The molecule has 0 aliphatic rings. The predicted molar refractivity (Wildman–Crippen MR) is 67.8 cm³/mol. The number of methoxy groups -OCH3 is 1. The molecule has 0 radical (unpaired) electrons. The van der Waals surface area contributed by atoms with Crippen LogP contribution in [0.15, 0.2) is 18.3 Å². The fraction of sp³-hybridized carbons (Fsp3) is 0.615. The van der Waals surface area contributed by atoms with Gasteiger partial charge < -0.3 is 14.6 Å². The maximum absolute atomic E-state index is 11.1. The molecule has 0 bridgehead atoms. The summed E-state index contributed by atoms with van der Waals surface area (Å²) in [6.45, 7) is 5.96. The van der Waals surface area contributed by atoms with Crippen molar-refractivity contribution in [1.82, 2.24) is 9.88 Å². The van der Waals surface area contributed by atoms with Gasteiger partial charge in [-0.05, 0) is 32.0 Å². The van der Waals surface area contributed by atoms with Crippen LogP contribution in [-0.2, 0) is 16.1 Å². The van der Waals surface area contributed by atoms with Gasteiger partial charge in [0.15, 0.2) is 0 Å². The van der Waals surface area contributed by atoms with Gasteiger partial charge in [0.05, 0.1) is 13.5 Å². The molecule has 1 rings (SSSR count). The first kappa shape index (κ1) is 13.8. The number of carbonyl (C=O) groups is 1. The van der Waals surface area contributed by atoms with E-state index in [1.807, 2.05) is 12.3 Å².